The van der Waals surface area contributed by atoms with E-state index in [1.165, 1.54) is 4.88 Å². The zero-order valence-corrected chi connectivity index (χ0v) is 10.8. The standard InChI is InChI=1S/C12H18N2O2S/c1-2-7-13-12(16)9-14-11(15)6-5-10-4-3-8-17-10/h3-4,8H,2,5-7,9H2,1H3,(H,13,16)(H,14,15). The summed E-state index contributed by atoms with van der Waals surface area (Å²) < 4.78 is 0. The minimum atomic E-state index is -0.128. The second kappa shape index (κ2) is 7.84. The van der Waals surface area contributed by atoms with Crippen LogP contribution in [0.2, 0.25) is 0 Å². The zero-order valence-electron chi connectivity index (χ0n) is 9.99. The quantitative estimate of drug-likeness (QED) is 0.771. The molecule has 0 unspecified atom stereocenters. The van der Waals surface area contributed by atoms with Gasteiger partial charge < -0.3 is 10.6 Å². The summed E-state index contributed by atoms with van der Waals surface area (Å²) >= 11 is 1.64. The minimum Gasteiger partial charge on any atom is -0.355 e. The van der Waals surface area contributed by atoms with Gasteiger partial charge in [-0.15, -0.1) is 11.3 Å². The molecular weight excluding hydrogens is 236 g/mol. The van der Waals surface area contributed by atoms with Crippen LogP contribution in [-0.4, -0.2) is 24.9 Å². The third-order valence-electron chi connectivity index (χ3n) is 2.20. The van der Waals surface area contributed by atoms with E-state index in [4.69, 9.17) is 0 Å². The third-order valence-corrected chi connectivity index (χ3v) is 3.13. The summed E-state index contributed by atoms with van der Waals surface area (Å²) in [5.41, 5.74) is 0. The maximum Gasteiger partial charge on any atom is 0.239 e. The SMILES string of the molecule is CCCNC(=O)CNC(=O)CCc1cccs1. The van der Waals surface area contributed by atoms with E-state index in [0.717, 1.165) is 12.8 Å². The van der Waals surface area contributed by atoms with Crippen LogP contribution in [0.25, 0.3) is 0 Å². The highest BCUT2D eigenvalue weighted by atomic mass is 32.1. The minimum absolute atomic E-state index is 0.0727. The smallest absolute Gasteiger partial charge is 0.239 e. The molecule has 0 spiro atoms. The number of nitrogens with one attached hydrogen (secondary N) is 2. The van der Waals surface area contributed by atoms with Crippen LogP contribution >= 0.6 is 11.3 Å². The molecule has 0 aliphatic rings. The van der Waals surface area contributed by atoms with Crippen molar-refractivity contribution in [2.24, 2.45) is 0 Å². The first-order valence-corrected chi connectivity index (χ1v) is 6.66. The van der Waals surface area contributed by atoms with E-state index in [9.17, 15) is 9.59 Å². The van der Waals surface area contributed by atoms with Crippen molar-refractivity contribution < 1.29 is 9.59 Å². The molecule has 0 aliphatic heterocycles. The van der Waals surface area contributed by atoms with Crippen molar-refractivity contribution in [3.05, 3.63) is 22.4 Å². The van der Waals surface area contributed by atoms with E-state index in [-0.39, 0.29) is 18.4 Å². The Morgan fingerprint density at radius 2 is 2.12 bits per heavy atom. The van der Waals surface area contributed by atoms with Gasteiger partial charge in [0, 0.05) is 17.8 Å². The average molecular weight is 254 g/mol. The van der Waals surface area contributed by atoms with E-state index in [2.05, 4.69) is 10.6 Å². The molecule has 1 heterocycles. The average Bonchev–Trinajstić information content (AvgIpc) is 2.84. The Kier molecular flexibility index (Phi) is 6.32. The third kappa shape index (κ3) is 6.06. The predicted molar refractivity (Wildman–Crippen MR) is 69.0 cm³/mol. The number of hydrogen-bond donors (Lipinski definition) is 2. The molecule has 2 N–H and O–H groups in total. The molecule has 4 nitrogen and oxygen atoms in total. The van der Waals surface area contributed by atoms with Crippen LogP contribution in [0.15, 0.2) is 17.5 Å². The fourth-order valence-corrected chi connectivity index (χ4v) is 1.99. The molecule has 0 saturated carbocycles. The van der Waals surface area contributed by atoms with Crippen LogP contribution in [0.3, 0.4) is 0 Å². The summed E-state index contributed by atoms with van der Waals surface area (Å²) in [7, 11) is 0. The highest BCUT2D eigenvalue weighted by Crippen LogP contribution is 2.10. The van der Waals surface area contributed by atoms with Crippen molar-refractivity contribution in [2.45, 2.75) is 26.2 Å². The lowest BCUT2D eigenvalue weighted by Crippen LogP contribution is -2.37. The van der Waals surface area contributed by atoms with Crippen molar-refractivity contribution >= 4 is 23.2 Å². The number of amides is 2. The lowest BCUT2D eigenvalue weighted by molar-refractivity contribution is -0.126. The largest absolute Gasteiger partial charge is 0.355 e. The summed E-state index contributed by atoms with van der Waals surface area (Å²) in [5.74, 6) is -0.207. The van der Waals surface area contributed by atoms with Crippen LogP contribution < -0.4 is 10.6 Å². The molecule has 0 aliphatic carbocycles. The van der Waals surface area contributed by atoms with Gasteiger partial charge in [-0.1, -0.05) is 13.0 Å². The van der Waals surface area contributed by atoms with Gasteiger partial charge in [0.1, 0.15) is 0 Å². The number of thiophene rings is 1. The number of carbonyl (C=O) groups excluding carboxylic acids is 2. The highest BCUT2D eigenvalue weighted by Gasteiger charge is 2.05. The van der Waals surface area contributed by atoms with E-state index >= 15 is 0 Å². The first kappa shape index (κ1) is 13.7. The lowest BCUT2D eigenvalue weighted by Gasteiger charge is -2.05. The molecule has 0 radical (unpaired) electrons. The predicted octanol–water partition coefficient (Wildman–Crippen LogP) is 1.32. The van der Waals surface area contributed by atoms with Crippen molar-refractivity contribution in [1.82, 2.24) is 10.6 Å². The van der Waals surface area contributed by atoms with Gasteiger partial charge in [0.15, 0.2) is 0 Å². The van der Waals surface area contributed by atoms with Gasteiger partial charge in [0.2, 0.25) is 11.8 Å². The topological polar surface area (TPSA) is 58.2 Å². The highest BCUT2D eigenvalue weighted by molar-refractivity contribution is 7.09. The van der Waals surface area contributed by atoms with Gasteiger partial charge in [0.25, 0.3) is 0 Å². The van der Waals surface area contributed by atoms with E-state index in [1.807, 2.05) is 24.4 Å². The summed E-state index contributed by atoms with van der Waals surface area (Å²) in [6.45, 7) is 2.72. The molecule has 17 heavy (non-hydrogen) atoms. The molecule has 0 bridgehead atoms. The maximum atomic E-state index is 11.4. The number of rotatable bonds is 7. The Balaban J connectivity index is 2.11. The summed E-state index contributed by atoms with van der Waals surface area (Å²) in [5, 5.41) is 7.30. The van der Waals surface area contributed by atoms with Gasteiger partial charge in [-0.2, -0.15) is 0 Å². The lowest BCUT2D eigenvalue weighted by atomic mass is 10.2. The van der Waals surface area contributed by atoms with E-state index in [0.29, 0.717) is 13.0 Å². The number of hydrogen-bond acceptors (Lipinski definition) is 3. The molecule has 94 valence electrons. The van der Waals surface area contributed by atoms with Gasteiger partial charge in [-0.25, -0.2) is 0 Å². The molecule has 5 heteroatoms. The van der Waals surface area contributed by atoms with Crippen molar-refractivity contribution in [3.8, 4) is 0 Å². The molecule has 2 amide bonds. The van der Waals surface area contributed by atoms with E-state index < -0.39 is 0 Å². The van der Waals surface area contributed by atoms with Crippen LogP contribution in [-0.2, 0) is 16.0 Å². The first-order chi connectivity index (χ1) is 8.22. The van der Waals surface area contributed by atoms with Gasteiger partial charge in [-0.05, 0) is 24.3 Å². The Morgan fingerprint density at radius 3 is 2.76 bits per heavy atom. The molecule has 0 aromatic carbocycles. The van der Waals surface area contributed by atoms with Gasteiger partial charge in [0.05, 0.1) is 6.54 Å². The fraction of sp³-hybridized carbons (Fsp3) is 0.500. The number of carbonyl (C=O) groups is 2. The van der Waals surface area contributed by atoms with Crippen LogP contribution in [0.4, 0.5) is 0 Å². The zero-order chi connectivity index (χ0) is 12.5. The summed E-state index contributed by atoms with van der Waals surface area (Å²) in [6, 6.07) is 3.97. The van der Waals surface area contributed by atoms with Crippen molar-refractivity contribution in [1.29, 1.82) is 0 Å². The maximum absolute atomic E-state index is 11.4. The number of aryl methyl sites for hydroxylation is 1. The second-order valence-electron chi connectivity index (χ2n) is 3.71. The normalized spacial score (nSPS) is 9.94. The molecule has 0 saturated heterocycles. The van der Waals surface area contributed by atoms with Crippen LogP contribution in [0.1, 0.15) is 24.6 Å². The van der Waals surface area contributed by atoms with Crippen molar-refractivity contribution in [2.75, 3.05) is 13.1 Å². The van der Waals surface area contributed by atoms with Crippen LogP contribution in [0.5, 0.6) is 0 Å². The molecular formula is C12H18N2O2S. The molecule has 1 aromatic heterocycles. The Labute approximate surface area is 105 Å². The van der Waals surface area contributed by atoms with Crippen molar-refractivity contribution in [3.63, 3.8) is 0 Å². The van der Waals surface area contributed by atoms with Crippen LogP contribution in [0, 0.1) is 0 Å². The molecule has 0 atom stereocenters. The second-order valence-corrected chi connectivity index (χ2v) is 4.74. The Hall–Kier alpha value is -1.36. The molecule has 0 fully saturated rings. The molecule has 1 aromatic rings. The summed E-state index contributed by atoms with van der Waals surface area (Å²) in [4.78, 5) is 23.8. The Morgan fingerprint density at radius 1 is 1.29 bits per heavy atom. The monoisotopic (exact) mass is 254 g/mol. The van der Waals surface area contributed by atoms with Gasteiger partial charge in [-0.3, -0.25) is 9.59 Å². The molecule has 1 rings (SSSR count). The summed E-state index contributed by atoms with van der Waals surface area (Å²) in [6.07, 6.45) is 2.07. The fourth-order valence-electron chi connectivity index (χ4n) is 1.29. The van der Waals surface area contributed by atoms with E-state index in [1.54, 1.807) is 11.3 Å². The Bertz CT molecular complexity index is 349. The van der Waals surface area contributed by atoms with Gasteiger partial charge >= 0.3 is 0 Å². The first-order valence-electron chi connectivity index (χ1n) is 5.78.